The van der Waals surface area contributed by atoms with Gasteiger partial charge in [-0.2, -0.15) is 5.10 Å². The first-order valence-corrected chi connectivity index (χ1v) is 7.86. The van der Waals surface area contributed by atoms with Crippen molar-refractivity contribution < 1.29 is 4.74 Å². The van der Waals surface area contributed by atoms with Gasteiger partial charge in [-0.3, -0.25) is 4.68 Å². The van der Waals surface area contributed by atoms with Crippen LogP contribution in [0.3, 0.4) is 0 Å². The Morgan fingerprint density at radius 2 is 2.24 bits per heavy atom. The number of likely N-dealkylation sites (N-methyl/N-ethyl adjacent to an activating group) is 1. The van der Waals surface area contributed by atoms with Crippen LogP contribution in [0, 0.1) is 0 Å². The molecule has 1 N–H and O–H groups in total. The Labute approximate surface area is 133 Å². The number of nitrogens with zero attached hydrogens (tertiary/aromatic N) is 3. The Bertz CT molecular complexity index is 585. The number of methoxy groups -OCH3 is 1. The number of rotatable bonds is 7. The van der Waals surface area contributed by atoms with Crippen molar-refractivity contribution in [2.24, 2.45) is 0 Å². The molecule has 0 fully saturated rings. The van der Waals surface area contributed by atoms with Crippen molar-refractivity contribution in [3.8, 4) is 5.75 Å². The molecule has 2 aromatic rings. The highest BCUT2D eigenvalue weighted by Gasteiger charge is 2.15. The lowest BCUT2D eigenvalue weighted by Crippen LogP contribution is -2.21. The third-order valence-electron chi connectivity index (χ3n) is 3.44. The lowest BCUT2D eigenvalue weighted by molar-refractivity contribution is 0.411. The van der Waals surface area contributed by atoms with Crippen LogP contribution in [0.15, 0.2) is 29.0 Å². The van der Waals surface area contributed by atoms with Gasteiger partial charge in [0.25, 0.3) is 0 Å². The van der Waals surface area contributed by atoms with E-state index in [0.717, 1.165) is 35.4 Å². The fourth-order valence-corrected chi connectivity index (χ4v) is 2.87. The van der Waals surface area contributed by atoms with Crippen molar-refractivity contribution in [3.05, 3.63) is 40.4 Å². The summed E-state index contributed by atoms with van der Waals surface area (Å²) in [5, 5.41) is 7.63. The van der Waals surface area contributed by atoms with Gasteiger partial charge in [0.05, 0.1) is 11.6 Å². The molecule has 5 nitrogen and oxygen atoms in total. The molecule has 1 aromatic carbocycles. The van der Waals surface area contributed by atoms with E-state index >= 15 is 0 Å². The fraction of sp³-hybridized carbons (Fsp3) is 0.467. The molecule has 0 amide bonds. The van der Waals surface area contributed by atoms with Crippen LogP contribution in [-0.4, -0.2) is 28.9 Å². The summed E-state index contributed by atoms with van der Waals surface area (Å²) in [5.41, 5.74) is 1.19. The van der Waals surface area contributed by atoms with Gasteiger partial charge in [-0.1, -0.05) is 13.0 Å². The number of halogens is 1. The van der Waals surface area contributed by atoms with Crippen molar-refractivity contribution in [3.63, 3.8) is 0 Å². The largest absolute Gasteiger partial charge is 0.496 e. The van der Waals surface area contributed by atoms with Crippen LogP contribution in [0.1, 0.15) is 30.8 Å². The van der Waals surface area contributed by atoms with Gasteiger partial charge in [0, 0.05) is 19.0 Å². The fourth-order valence-electron chi connectivity index (χ4n) is 2.31. The van der Waals surface area contributed by atoms with Gasteiger partial charge in [-0.25, -0.2) is 4.98 Å². The summed E-state index contributed by atoms with van der Waals surface area (Å²) in [6.45, 7) is 3.04. The van der Waals surface area contributed by atoms with Crippen molar-refractivity contribution in [2.75, 3.05) is 14.2 Å². The van der Waals surface area contributed by atoms with E-state index in [9.17, 15) is 0 Å². The second kappa shape index (κ2) is 7.56. The third-order valence-corrected chi connectivity index (χ3v) is 4.06. The number of hydrogen-bond acceptors (Lipinski definition) is 4. The summed E-state index contributed by atoms with van der Waals surface area (Å²) in [7, 11) is 3.63. The second-order valence-electron chi connectivity index (χ2n) is 4.84. The van der Waals surface area contributed by atoms with Gasteiger partial charge in [0.2, 0.25) is 0 Å². The highest BCUT2D eigenvalue weighted by molar-refractivity contribution is 9.10. The summed E-state index contributed by atoms with van der Waals surface area (Å²) in [6.07, 6.45) is 3.48. The molecule has 1 atom stereocenters. The molecule has 21 heavy (non-hydrogen) atoms. The number of aryl methyl sites for hydroxylation is 1. The SMILES string of the molecule is CCCn1ncnc1CC(NC)c1ccc(OC)c(Br)c1. The molecule has 114 valence electrons. The third kappa shape index (κ3) is 3.83. The summed E-state index contributed by atoms with van der Waals surface area (Å²) in [4.78, 5) is 4.38. The lowest BCUT2D eigenvalue weighted by Gasteiger charge is -2.17. The molecule has 0 saturated carbocycles. The monoisotopic (exact) mass is 352 g/mol. The molecule has 1 heterocycles. The summed E-state index contributed by atoms with van der Waals surface area (Å²) < 4.78 is 8.21. The average molecular weight is 353 g/mol. The average Bonchev–Trinajstić information content (AvgIpc) is 2.92. The first-order valence-electron chi connectivity index (χ1n) is 7.07. The number of ether oxygens (including phenoxy) is 1. The zero-order valence-corrected chi connectivity index (χ0v) is 14.2. The molecular weight excluding hydrogens is 332 g/mol. The number of hydrogen-bond donors (Lipinski definition) is 1. The van der Waals surface area contributed by atoms with Crippen LogP contribution in [0.4, 0.5) is 0 Å². The van der Waals surface area contributed by atoms with Crippen LogP contribution in [0.25, 0.3) is 0 Å². The van der Waals surface area contributed by atoms with E-state index < -0.39 is 0 Å². The topological polar surface area (TPSA) is 52.0 Å². The zero-order valence-electron chi connectivity index (χ0n) is 12.6. The van der Waals surface area contributed by atoms with Gasteiger partial charge < -0.3 is 10.1 Å². The minimum Gasteiger partial charge on any atom is -0.496 e. The maximum absolute atomic E-state index is 5.28. The minimum atomic E-state index is 0.187. The minimum absolute atomic E-state index is 0.187. The Kier molecular flexibility index (Phi) is 5.76. The van der Waals surface area contributed by atoms with Crippen LogP contribution in [0.5, 0.6) is 5.75 Å². The summed E-state index contributed by atoms with van der Waals surface area (Å²) in [6, 6.07) is 6.32. The zero-order chi connectivity index (χ0) is 15.2. The van der Waals surface area contributed by atoms with E-state index in [0.29, 0.717) is 0 Å². The van der Waals surface area contributed by atoms with E-state index in [1.54, 1.807) is 13.4 Å². The number of benzene rings is 1. The van der Waals surface area contributed by atoms with Crippen molar-refractivity contribution >= 4 is 15.9 Å². The Hall–Kier alpha value is -1.40. The van der Waals surface area contributed by atoms with Crippen LogP contribution >= 0.6 is 15.9 Å². The second-order valence-corrected chi connectivity index (χ2v) is 5.69. The quantitative estimate of drug-likeness (QED) is 0.832. The highest BCUT2D eigenvalue weighted by atomic mass is 79.9. The van der Waals surface area contributed by atoms with Crippen LogP contribution in [-0.2, 0) is 13.0 Å². The van der Waals surface area contributed by atoms with Crippen molar-refractivity contribution in [2.45, 2.75) is 32.4 Å². The number of nitrogens with one attached hydrogen (secondary N) is 1. The molecule has 0 spiro atoms. The summed E-state index contributed by atoms with van der Waals surface area (Å²) >= 11 is 3.54. The normalized spacial score (nSPS) is 12.4. The molecule has 0 bridgehead atoms. The molecular formula is C15H21BrN4O. The Morgan fingerprint density at radius 3 is 2.86 bits per heavy atom. The molecule has 0 radical (unpaired) electrons. The van der Waals surface area contributed by atoms with Gasteiger partial charge in [-0.15, -0.1) is 0 Å². The molecule has 0 saturated heterocycles. The van der Waals surface area contributed by atoms with Gasteiger partial charge in [0.1, 0.15) is 17.9 Å². The van der Waals surface area contributed by atoms with E-state index in [2.05, 4.69) is 50.4 Å². The van der Waals surface area contributed by atoms with Gasteiger partial charge >= 0.3 is 0 Å². The molecule has 0 aliphatic carbocycles. The van der Waals surface area contributed by atoms with Crippen molar-refractivity contribution in [1.29, 1.82) is 0 Å². The van der Waals surface area contributed by atoms with E-state index in [4.69, 9.17) is 4.74 Å². The van der Waals surface area contributed by atoms with Gasteiger partial charge in [-0.05, 0) is 47.1 Å². The maximum Gasteiger partial charge on any atom is 0.138 e. The van der Waals surface area contributed by atoms with Crippen LogP contribution in [0.2, 0.25) is 0 Å². The predicted molar refractivity (Wildman–Crippen MR) is 86.5 cm³/mol. The maximum atomic E-state index is 5.28. The van der Waals surface area contributed by atoms with E-state index in [-0.39, 0.29) is 6.04 Å². The summed E-state index contributed by atoms with van der Waals surface area (Å²) in [5.74, 6) is 1.84. The Balaban J connectivity index is 2.19. The van der Waals surface area contributed by atoms with Gasteiger partial charge in [0.15, 0.2) is 0 Å². The first kappa shape index (κ1) is 16.0. The molecule has 0 aliphatic heterocycles. The molecule has 2 rings (SSSR count). The first-order chi connectivity index (χ1) is 10.2. The Morgan fingerprint density at radius 1 is 1.43 bits per heavy atom. The molecule has 1 aromatic heterocycles. The molecule has 1 unspecified atom stereocenters. The number of aromatic nitrogens is 3. The van der Waals surface area contributed by atoms with E-state index in [1.807, 2.05) is 17.8 Å². The van der Waals surface area contributed by atoms with Crippen molar-refractivity contribution in [1.82, 2.24) is 20.1 Å². The lowest BCUT2D eigenvalue weighted by atomic mass is 10.0. The molecule has 6 heteroatoms. The predicted octanol–water partition coefficient (Wildman–Crippen LogP) is 2.96. The standard InChI is InChI=1S/C15H21BrN4O/c1-4-7-20-15(18-10-19-20)9-13(17-2)11-5-6-14(21-3)12(16)8-11/h5-6,8,10,13,17H,4,7,9H2,1-3H3. The molecule has 0 aliphatic rings. The van der Waals surface area contributed by atoms with Crippen LogP contribution < -0.4 is 10.1 Å². The smallest absolute Gasteiger partial charge is 0.138 e. The highest BCUT2D eigenvalue weighted by Crippen LogP contribution is 2.29. The van der Waals surface area contributed by atoms with E-state index in [1.165, 1.54) is 5.56 Å².